The molecular formula is C13H16ClNO. The van der Waals surface area contributed by atoms with E-state index in [1.165, 1.54) is 5.56 Å². The van der Waals surface area contributed by atoms with Gasteiger partial charge in [-0.25, -0.2) is 0 Å². The molecule has 1 aliphatic rings. The smallest absolute Gasteiger partial charge is 0.220 e. The molecule has 0 saturated carbocycles. The van der Waals surface area contributed by atoms with Crippen molar-refractivity contribution in [2.24, 2.45) is 0 Å². The first-order chi connectivity index (χ1) is 7.63. The predicted octanol–water partition coefficient (Wildman–Crippen LogP) is 2.94. The highest BCUT2D eigenvalue weighted by atomic mass is 35.5. The molecule has 16 heavy (non-hydrogen) atoms. The van der Waals surface area contributed by atoms with Gasteiger partial charge in [-0.05, 0) is 37.0 Å². The van der Waals surface area contributed by atoms with E-state index in [-0.39, 0.29) is 11.4 Å². The highest BCUT2D eigenvalue weighted by Crippen LogP contribution is 2.28. The topological polar surface area (TPSA) is 29.1 Å². The summed E-state index contributed by atoms with van der Waals surface area (Å²) < 4.78 is 0. The van der Waals surface area contributed by atoms with Gasteiger partial charge in [0.05, 0.1) is 0 Å². The van der Waals surface area contributed by atoms with Gasteiger partial charge in [0.1, 0.15) is 0 Å². The Balaban J connectivity index is 2.16. The Morgan fingerprint density at radius 3 is 2.88 bits per heavy atom. The van der Waals surface area contributed by atoms with Gasteiger partial charge in [-0.3, -0.25) is 4.79 Å². The lowest BCUT2D eigenvalue weighted by Crippen LogP contribution is -2.42. The van der Waals surface area contributed by atoms with E-state index in [4.69, 9.17) is 11.6 Å². The molecule has 1 N–H and O–H groups in total. The van der Waals surface area contributed by atoms with Crippen LogP contribution >= 0.6 is 11.6 Å². The first kappa shape index (κ1) is 11.5. The highest BCUT2D eigenvalue weighted by Gasteiger charge is 2.35. The average Bonchev–Trinajstić information content (AvgIpc) is 2.61. The zero-order chi connectivity index (χ0) is 11.6. The molecule has 2 rings (SSSR count). The molecule has 0 radical (unpaired) electrons. The van der Waals surface area contributed by atoms with Crippen LogP contribution in [0.25, 0.3) is 0 Å². The molecule has 3 heteroatoms. The lowest BCUT2D eigenvalue weighted by atomic mass is 9.87. The van der Waals surface area contributed by atoms with Gasteiger partial charge in [-0.2, -0.15) is 0 Å². The maximum atomic E-state index is 11.3. The van der Waals surface area contributed by atoms with E-state index in [2.05, 4.69) is 18.3 Å². The van der Waals surface area contributed by atoms with Gasteiger partial charge in [0.2, 0.25) is 5.91 Å². The molecule has 0 bridgehead atoms. The fraction of sp³-hybridized carbons (Fsp3) is 0.462. The molecule has 0 spiro atoms. The monoisotopic (exact) mass is 237 g/mol. The molecule has 1 unspecified atom stereocenters. The van der Waals surface area contributed by atoms with Gasteiger partial charge in [0.25, 0.3) is 0 Å². The van der Waals surface area contributed by atoms with Crippen LogP contribution < -0.4 is 5.32 Å². The summed E-state index contributed by atoms with van der Waals surface area (Å²) in [5, 5.41) is 3.86. The van der Waals surface area contributed by atoms with Crippen molar-refractivity contribution >= 4 is 17.5 Å². The van der Waals surface area contributed by atoms with Crippen LogP contribution in [0.3, 0.4) is 0 Å². The van der Waals surface area contributed by atoms with Crippen molar-refractivity contribution in [3.05, 3.63) is 34.9 Å². The van der Waals surface area contributed by atoms with Crippen molar-refractivity contribution in [1.29, 1.82) is 0 Å². The summed E-state index contributed by atoms with van der Waals surface area (Å²) in [6.07, 6.45) is 3.41. The molecule has 1 aromatic carbocycles. The van der Waals surface area contributed by atoms with E-state index in [0.717, 1.165) is 24.3 Å². The van der Waals surface area contributed by atoms with Gasteiger partial charge in [-0.15, -0.1) is 0 Å². The summed E-state index contributed by atoms with van der Waals surface area (Å²) in [7, 11) is 0. The lowest BCUT2D eigenvalue weighted by Gasteiger charge is -2.27. The zero-order valence-corrected chi connectivity index (χ0v) is 10.2. The second kappa shape index (κ2) is 4.46. The Morgan fingerprint density at radius 1 is 1.50 bits per heavy atom. The minimum absolute atomic E-state index is 0.0538. The number of nitrogens with one attached hydrogen (secondary N) is 1. The molecule has 1 amide bonds. The van der Waals surface area contributed by atoms with Crippen LogP contribution in [0, 0.1) is 0 Å². The Morgan fingerprint density at radius 2 is 2.31 bits per heavy atom. The molecule has 2 nitrogen and oxygen atoms in total. The summed E-state index contributed by atoms with van der Waals surface area (Å²) in [4.78, 5) is 11.3. The van der Waals surface area contributed by atoms with Crippen molar-refractivity contribution in [3.8, 4) is 0 Å². The number of carbonyl (C=O) groups excluding carboxylic acids is 1. The van der Waals surface area contributed by atoms with Crippen molar-refractivity contribution in [2.45, 2.75) is 38.1 Å². The average molecular weight is 238 g/mol. The SMILES string of the molecule is CCC1(Cc2cccc(Cl)c2)CCC(=O)N1. The maximum Gasteiger partial charge on any atom is 0.220 e. The molecule has 1 saturated heterocycles. The van der Waals surface area contributed by atoms with E-state index in [0.29, 0.717) is 6.42 Å². The number of amides is 1. The van der Waals surface area contributed by atoms with Gasteiger partial charge in [0.15, 0.2) is 0 Å². The van der Waals surface area contributed by atoms with E-state index < -0.39 is 0 Å². The number of rotatable bonds is 3. The molecule has 1 aromatic rings. The Hall–Kier alpha value is -1.02. The predicted molar refractivity (Wildman–Crippen MR) is 65.6 cm³/mol. The van der Waals surface area contributed by atoms with Crippen molar-refractivity contribution < 1.29 is 4.79 Å². The van der Waals surface area contributed by atoms with E-state index in [1.54, 1.807) is 0 Å². The third-order valence-corrected chi connectivity index (χ3v) is 3.58. The molecule has 0 aromatic heterocycles. The molecule has 1 fully saturated rings. The van der Waals surface area contributed by atoms with Crippen LogP contribution in [0.5, 0.6) is 0 Å². The van der Waals surface area contributed by atoms with Crippen LogP contribution in [0.15, 0.2) is 24.3 Å². The van der Waals surface area contributed by atoms with Crippen LogP contribution in [-0.2, 0) is 11.2 Å². The lowest BCUT2D eigenvalue weighted by molar-refractivity contribution is -0.119. The molecule has 86 valence electrons. The van der Waals surface area contributed by atoms with Crippen molar-refractivity contribution in [2.75, 3.05) is 0 Å². The largest absolute Gasteiger partial charge is 0.350 e. The normalized spacial score (nSPS) is 24.5. The quantitative estimate of drug-likeness (QED) is 0.861. The third-order valence-electron chi connectivity index (χ3n) is 3.34. The maximum absolute atomic E-state index is 11.3. The fourth-order valence-electron chi connectivity index (χ4n) is 2.33. The molecular weight excluding hydrogens is 222 g/mol. The summed E-state index contributed by atoms with van der Waals surface area (Å²) in [5.41, 5.74) is 1.14. The number of hydrogen-bond acceptors (Lipinski definition) is 1. The van der Waals surface area contributed by atoms with Gasteiger partial charge >= 0.3 is 0 Å². The Labute approximate surface area is 101 Å². The standard InChI is InChI=1S/C13H16ClNO/c1-2-13(7-6-12(16)15-13)9-10-4-3-5-11(14)8-10/h3-5,8H,2,6-7,9H2,1H3,(H,15,16). The van der Waals surface area contributed by atoms with E-state index in [1.807, 2.05) is 18.2 Å². The second-order valence-corrected chi connectivity index (χ2v) is 4.93. The third kappa shape index (κ3) is 2.38. The van der Waals surface area contributed by atoms with Crippen LogP contribution in [-0.4, -0.2) is 11.4 Å². The fourth-order valence-corrected chi connectivity index (χ4v) is 2.55. The summed E-state index contributed by atoms with van der Waals surface area (Å²) in [6.45, 7) is 2.12. The molecule has 1 atom stereocenters. The molecule has 1 aliphatic heterocycles. The zero-order valence-electron chi connectivity index (χ0n) is 9.42. The van der Waals surface area contributed by atoms with Gasteiger partial charge in [-0.1, -0.05) is 30.7 Å². The Bertz CT molecular complexity index is 405. The summed E-state index contributed by atoms with van der Waals surface area (Å²) >= 11 is 5.96. The first-order valence-electron chi connectivity index (χ1n) is 5.69. The van der Waals surface area contributed by atoms with E-state index in [9.17, 15) is 4.79 Å². The van der Waals surface area contributed by atoms with Crippen molar-refractivity contribution in [3.63, 3.8) is 0 Å². The van der Waals surface area contributed by atoms with Gasteiger partial charge < -0.3 is 5.32 Å². The number of carbonyl (C=O) groups is 1. The summed E-state index contributed by atoms with van der Waals surface area (Å²) in [6, 6.07) is 7.87. The number of halogens is 1. The van der Waals surface area contributed by atoms with Gasteiger partial charge in [0, 0.05) is 17.0 Å². The van der Waals surface area contributed by atoms with E-state index >= 15 is 0 Å². The Kier molecular flexibility index (Phi) is 3.20. The van der Waals surface area contributed by atoms with Crippen LogP contribution in [0.1, 0.15) is 31.7 Å². The van der Waals surface area contributed by atoms with Crippen LogP contribution in [0.2, 0.25) is 5.02 Å². The van der Waals surface area contributed by atoms with Crippen molar-refractivity contribution in [1.82, 2.24) is 5.32 Å². The second-order valence-electron chi connectivity index (χ2n) is 4.49. The summed E-state index contributed by atoms with van der Waals surface area (Å²) in [5.74, 6) is 0.170. The minimum Gasteiger partial charge on any atom is -0.350 e. The molecule has 1 heterocycles. The first-order valence-corrected chi connectivity index (χ1v) is 6.07. The minimum atomic E-state index is -0.0538. The number of benzene rings is 1. The van der Waals surface area contributed by atoms with Crippen LogP contribution in [0.4, 0.5) is 0 Å². The number of hydrogen-bond donors (Lipinski definition) is 1. The molecule has 0 aliphatic carbocycles. The highest BCUT2D eigenvalue weighted by molar-refractivity contribution is 6.30.